The molecular formula is C18H25ClN2O2. The first-order chi connectivity index (χ1) is 11.2. The summed E-state index contributed by atoms with van der Waals surface area (Å²) >= 11 is 6.12. The van der Waals surface area contributed by atoms with Crippen LogP contribution in [0.3, 0.4) is 0 Å². The number of amides is 2. The molecule has 1 aliphatic heterocycles. The van der Waals surface area contributed by atoms with Crippen molar-refractivity contribution in [2.75, 3.05) is 26.2 Å². The second-order valence-electron chi connectivity index (χ2n) is 6.54. The summed E-state index contributed by atoms with van der Waals surface area (Å²) in [6.07, 6.45) is 5.64. The molecule has 4 nitrogen and oxygen atoms in total. The van der Waals surface area contributed by atoms with E-state index in [0.29, 0.717) is 12.6 Å². The Morgan fingerprint density at radius 3 is 2.65 bits per heavy atom. The molecule has 23 heavy (non-hydrogen) atoms. The number of hydrogen-bond acceptors (Lipinski definition) is 2. The molecule has 2 fully saturated rings. The normalized spacial score (nSPS) is 18.9. The van der Waals surface area contributed by atoms with Crippen LogP contribution in [0.4, 0.5) is 4.79 Å². The molecule has 1 aliphatic carbocycles. The second kappa shape index (κ2) is 8.02. The summed E-state index contributed by atoms with van der Waals surface area (Å²) in [6, 6.07) is 7.79. The van der Waals surface area contributed by atoms with Crippen LogP contribution in [0.15, 0.2) is 24.3 Å². The number of rotatable bonds is 6. The van der Waals surface area contributed by atoms with Crippen molar-refractivity contribution in [2.45, 2.75) is 38.2 Å². The maximum atomic E-state index is 12.2. The Balaban J connectivity index is 1.33. The summed E-state index contributed by atoms with van der Waals surface area (Å²) in [5.41, 5.74) is 1.07. The number of hydrogen-bond donors (Lipinski definition) is 1. The first-order valence-electron chi connectivity index (χ1n) is 8.60. The fraction of sp³-hybridized carbons (Fsp3) is 0.611. The van der Waals surface area contributed by atoms with E-state index in [1.165, 1.54) is 12.8 Å². The Kier molecular flexibility index (Phi) is 5.79. The molecule has 1 saturated heterocycles. The summed E-state index contributed by atoms with van der Waals surface area (Å²) in [5.74, 6) is 0.807. The molecular weight excluding hydrogens is 312 g/mol. The standard InChI is InChI=1S/C18H25ClN2O2/c19-17-4-2-1-3-15(17)7-10-20-18(22)21-11-8-16(9-12-21)23-13-14-5-6-14/h1-4,14,16H,5-13H2,(H,20,22). The average molecular weight is 337 g/mol. The quantitative estimate of drug-likeness (QED) is 0.864. The van der Waals surface area contributed by atoms with Gasteiger partial charge in [0.15, 0.2) is 0 Å². The van der Waals surface area contributed by atoms with E-state index in [0.717, 1.165) is 55.5 Å². The third-order valence-electron chi connectivity index (χ3n) is 4.62. The van der Waals surface area contributed by atoms with Gasteiger partial charge in [0, 0.05) is 31.3 Å². The number of carbonyl (C=O) groups is 1. The van der Waals surface area contributed by atoms with Gasteiger partial charge in [0.2, 0.25) is 0 Å². The number of carbonyl (C=O) groups excluding carboxylic acids is 1. The molecule has 0 atom stereocenters. The largest absolute Gasteiger partial charge is 0.378 e. The number of urea groups is 1. The number of benzene rings is 1. The molecule has 5 heteroatoms. The Morgan fingerprint density at radius 2 is 1.96 bits per heavy atom. The molecule has 2 aliphatic rings. The highest BCUT2D eigenvalue weighted by Gasteiger charge is 2.26. The van der Waals surface area contributed by atoms with E-state index in [1.54, 1.807) is 0 Å². The molecule has 1 heterocycles. The van der Waals surface area contributed by atoms with Gasteiger partial charge in [0.25, 0.3) is 0 Å². The van der Waals surface area contributed by atoms with E-state index in [-0.39, 0.29) is 6.03 Å². The molecule has 1 aromatic rings. The predicted molar refractivity (Wildman–Crippen MR) is 91.8 cm³/mol. The lowest BCUT2D eigenvalue weighted by atomic mass is 10.1. The van der Waals surface area contributed by atoms with Crippen molar-refractivity contribution in [3.05, 3.63) is 34.9 Å². The Labute approximate surface area is 143 Å². The summed E-state index contributed by atoms with van der Waals surface area (Å²) in [4.78, 5) is 14.1. The van der Waals surface area contributed by atoms with Crippen LogP contribution in [0.25, 0.3) is 0 Å². The van der Waals surface area contributed by atoms with Gasteiger partial charge in [0.1, 0.15) is 0 Å². The zero-order chi connectivity index (χ0) is 16.1. The minimum atomic E-state index is 0.0256. The van der Waals surface area contributed by atoms with E-state index < -0.39 is 0 Å². The molecule has 0 spiro atoms. The lowest BCUT2D eigenvalue weighted by Crippen LogP contribution is -2.46. The van der Waals surface area contributed by atoms with Crippen LogP contribution in [0.1, 0.15) is 31.2 Å². The summed E-state index contributed by atoms with van der Waals surface area (Å²) in [6.45, 7) is 3.09. The molecule has 0 unspecified atom stereocenters. The van der Waals surface area contributed by atoms with E-state index >= 15 is 0 Å². The number of piperidine rings is 1. The van der Waals surface area contributed by atoms with Gasteiger partial charge >= 0.3 is 6.03 Å². The summed E-state index contributed by atoms with van der Waals surface area (Å²) in [7, 11) is 0. The van der Waals surface area contributed by atoms with Gasteiger partial charge < -0.3 is 15.0 Å². The molecule has 0 bridgehead atoms. The minimum absolute atomic E-state index is 0.0256. The smallest absolute Gasteiger partial charge is 0.317 e. The Hall–Kier alpha value is -1.26. The highest BCUT2D eigenvalue weighted by atomic mass is 35.5. The van der Waals surface area contributed by atoms with Crippen LogP contribution in [0.5, 0.6) is 0 Å². The fourth-order valence-electron chi connectivity index (χ4n) is 2.90. The van der Waals surface area contributed by atoms with Crippen molar-refractivity contribution >= 4 is 17.6 Å². The summed E-state index contributed by atoms with van der Waals surface area (Å²) in [5, 5.41) is 3.75. The topological polar surface area (TPSA) is 41.6 Å². The van der Waals surface area contributed by atoms with Crippen molar-refractivity contribution in [3.8, 4) is 0 Å². The lowest BCUT2D eigenvalue weighted by molar-refractivity contribution is 0.00951. The Morgan fingerprint density at radius 1 is 1.22 bits per heavy atom. The average Bonchev–Trinajstić information content (AvgIpc) is 3.39. The first kappa shape index (κ1) is 16.6. The van der Waals surface area contributed by atoms with E-state index in [1.807, 2.05) is 29.2 Å². The van der Waals surface area contributed by atoms with Crippen molar-refractivity contribution in [1.82, 2.24) is 10.2 Å². The molecule has 0 radical (unpaired) electrons. The third-order valence-corrected chi connectivity index (χ3v) is 4.99. The van der Waals surface area contributed by atoms with Crippen molar-refractivity contribution in [1.29, 1.82) is 0 Å². The van der Waals surface area contributed by atoms with Crippen molar-refractivity contribution in [3.63, 3.8) is 0 Å². The molecule has 1 saturated carbocycles. The monoisotopic (exact) mass is 336 g/mol. The zero-order valence-corrected chi connectivity index (χ0v) is 14.2. The minimum Gasteiger partial charge on any atom is -0.378 e. The zero-order valence-electron chi connectivity index (χ0n) is 13.5. The van der Waals surface area contributed by atoms with E-state index in [9.17, 15) is 4.79 Å². The lowest BCUT2D eigenvalue weighted by Gasteiger charge is -2.32. The number of ether oxygens (including phenoxy) is 1. The van der Waals surface area contributed by atoms with E-state index in [4.69, 9.17) is 16.3 Å². The first-order valence-corrected chi connectivity index (χ1v) is 8.98. The van der Waals surface area contributed by atoms with Crippen LogP contribution in [0, 0.1) is 5.92 Å². The van der Waals surface area contributed by atoms with Crippen LogP contribution < -0.4 is 5.32 Å². The van der Waals surface area contributed by atoms with Crippen LogP contribution in [0.2, 0.25) is 5.02 Å². The van der Waals surface area contributed by atoms with Gasteiger partial charge in [-0.2, -0.15) is 0 Å². The van der Waals surface area contributed by atoms with Crippen molar-refractivity contribution in [2.24, 2.45) is 5.92 Å². The number of nitrogens with one attached hydrogen (secondary N) is 1. The molecule has 1 N–H and O–H groups in total. The molecule has 1 aromatic carbocycles. The maximum Gasteiger partial charge on any atom is 0.317 e. The SMILES string of the molecule is O=C(NCCc1ccccc1Cl)N1CCC(OCC2CC2)CC1. The molecule has 3 rings (SSSR count). The predicted octanol–water partition coefficient (Wildman–Crippen LogP) is 3.48. The number of halogens is 1. The van der Waals surface area contributed by atoms with Gasteiger partial charge in [-0.1, -0.05) is 29.8 Å². The van der Waals surface area contributed by atoms with Crippen molar-refractivity contribution < 1.29 is 9.53 Å². The van der Waals surface area contributed by atoms with Crippen LogP contribution >= 0.6 is 11.6 Å². The van der Waals surface area contributed by atoms with Gasteiger partial charge in [-0.05, 0) is 49.7 Å². The molecule has 2 amide bonds. The Bertz CT molecular complexity index is 526. The maximum absolute atomic E-state index is 12.2. The fourth-order valence-corrected chi connectivity index (χ4v) is 3.13. The summed E-state index contributed by atoms with van der Waals surface area (Å²) < 4.78 is 5.91. The number of nitrogens with zero attached hydrogens (tertiary/aromatic N) is 1. The highest BCUT2D eigenvalue weighted by molar-refractivity contribution is 6.31. The molecule has 0 aromatic heterocycles. The third kappa shape index (κ3) is 5.11. The van der Waals surface area contributed by atoms with Crippen LogP contribution in [-0.2, 0) is 11.2 Å². The number of likely N-dealkylation sites (tertiary alicyclic amines) is 1. The van der Waals surface area contributed by atoms with Gasteiger partial charge in [-0.3, -0.25) is 0 Å². The highest BCUT2D eigenvalue weighted by Crippen LogP contribution is 2.30. The molecule has 126 valence electrons. The van der Waals surface area contributed by atoms with Gasteiger partial charge in [0.05, 0.1) is 6.10 Å². The van der Waals surface area contributed by atoms with Gasteiger partial charge in [-0.15, -0.1) is 0 Å². The van der Waals surface area contributed by atoms with Crippen LogP contribution in [-0.4, -0.2) is 43.3 Å². The van der Waals surface area contributed by atoms with Gasteiger partial charge in [-0.25, -0.2) is 4.79 Å². The second-order valence-corrected chi connectivity index (χ2v) is 6.94. The van der Waals surface area contributed by atoms with E-state index in [2.05, 4.69) is 5.32 Å².